The summed E-state index contributed by atoms with van der Waals surface area (Å²) in [6.45, 7) is 1.40. The predicted molar refractivity (Wildman–Crippen MR) is 72.0 cm³/mol. The summed E-state index contributed by atoms with van der Waals surface area (Å²) >= 11 is 0. The van der Waals surface area contributed by atoms with Crippen LogP contribution in [0.5, 0.6) is 5.75 Å². The molecular formula is C13H22N2O3. The zero-order valence-corrected chi connectivity index (χ0v) is 10.7. The minimum absolute atomic E-state index is 0.256. The minimum Gasteiger partial charge on any atom is -0.495 e. The van der Waals surface area contributed by atoms with Gasteiger partial charge in [-0.25, -0.2) is 0 Å². The fourth-order valence-electron chi connectivity index (χ4n) is 1.80. The molecule has 5 heteroatoms. The number of ether oxygens (including phenoxy) is 1. The molecule has 0 heterocycles. The summed E-state index contributed by atoms with van der Waals surface area (Å²) in [5.74, 6) is 0.750. The molecule has 0 aliphatic rings. The van der Waals surface area contributed by atoms with Gasteiger partial charge in [0.05, 0.1) is 25.5 Å². The number of hydrogen-bond acceptors (Lipinski definition) is 5. The van der Waals surface area contributed by atoms with Gasteiger partial charge in [-0.1, -0.05) is 12.1 Å². The first-order valence-electron chi connectivity index (χ1n) is 6.09. The van der Waals surface area contributed by atoms with Crippen LogP contribution in [-0.2, 0) is 0 Å². The van der Waals surface area contributed by atoms with Crippen LogP contribution in [0.15, 0.2) is 24.3 Å². The van der Waals surface area contributed by atoms with Crippen LogP contribution in [0.2, 0.25) is 0 Å². The summed E-state index contributed by atoms with van der Waals surface area (Å²) in [4.78, 5) is 1.98. The molecule has 18 heavy (non-hydrogen) atoms. The molecule has 5 nitrogen and oxygen atoms in total. The third kappa shape index (κ3) is 4.18. The average molecular weight is 254 g/mol. The third-order valence-electron chi connectivity index (χ3n) is 2.70. The van der Waals surface area contributed by atoms with Gasteiger partial charge in [-0.15, -0.1) is 0 Å². The van der Waals surface area contributed by atoms with E-state index in [4.69, 9.17) is 15.6 Å². The molecule has 0 amide bonds. The van der Waals surface area contributed by atoms with Crippen molar-refractivity contribution in [1.82, 2.24) is 0 Å². The van der Waals surface area contributed by atoms with E-state index in [9.17, 15) is 5.11 Å². The number of rotatable bonds is 8. The highest BCUT2D eigenvalue weighted by atomic mass is 16.5. The molecule has 0 aromatic heterocycles. The van der Waals surface area contributed by atoms with Gasteiger partial charge in [-0.05, 0) is 25.1 Å². The van der Waals surface area contributed by atoms with Crippen molar-refractivity contribution in [2.45, 2.75) is 12.5 Å². The highest BCUT2D eigenvalue weighted by Crippen LogP contribution is 2.27. The highest BCUT2D eigenvalue weighted by molar-refractivity contribution is 5.58. The Bertz CT molecular complexity index is 347. The van der Waals surface area contributed by atoms with Crippen LogP contribution in [0.3, 0.4) is 0 Å². The van der Waals surface area contributed by atoms with Crippen LogP contribution in [-0.4, -0.2) is 49.7 Å². The first-order valence-corrected chi connectivity index (χ1v) is 6.09. The monoisotopic (exact) mass is 254 g/mol. The summed E-state index contributed by atoms with van der Waals surface area (Å²) < 4.78 is 5.30. The molecule has 0 saturated carbocycles. The van der Waals surface area contributed by atoms with E-state index >= 15 is 0 Å². The number of aliphatic hydroxyl groups is 2. The van der Waals surface area contributed by atoms with Gasteiger partial charge >= 0.3 is 0 Å². The number of para-hydroxylation sites is 2. The number of hydrogen-bond donors (Lipinski definition) is 3. The van der Waals surface area contributed by atoms with Crippen LogP contribution >= 0.6 is 0 Å². The number of nitrogens with zero attached hydrogens (tertiary/aromatic N) is 1. The van der Waals surface area contributed by atoms with E-state index in [-0.39, 0.29) is 6.61 Å². The summed E-state index contributed by atoms with van der Waals surface area (Å²) in [5, 5.41) is 18.5. The topological polar surface area (TPSA) is 79.0 Å². The number of benzene rings is 1. The molecule has 0 fully saturated rings. The van der Waals surface area contributed by atoms with Crippen LogP contribution in [0.1, 0.15) is 6.42 Å². The van der Waals surface area contributed by atoms with Crippen molar-refractivity contribution in [3.8, 4) is 5.75 Å². The van der Waals surface area contributed by atoms with Crippen LogP contribution in [0, 0.1) is 0 Å². The smallest absolute Gasteiger partial charge is 0.142 e. The molecule has 0 spiro atoms. The van der Waals surface area contributed by atoms with Gasteiger partial charge in [-0.3, -0.25) is 0 Å². The SMILES string of the molecule is COc1ccccc1N(CCCN)CC(O)CO. The lowest BCUT2D eigenvalue weighted by Gasteiger charge is -2.28. The van der Waals surface area contributed by atoms with E-state index < -0.39 is 6.10 Å². The van der Waals surface area contributed by atoms with Crippen molar-refractivity contribution in [2.75, 3.05) is 38.3 Å². The Hall–Kier alpha value is -1.30. The Kier molecular flexibility index (Phi) is 6.49. The number of anilines is 1. The standard InChI is InChI=1S/C13H22N2O3/c1-18-13-6-3-2-5-12(13)15(8-4-7-14)9-11(17)10-16/h2-3,5-6,11,16-17H,4,7-10,14H2,1H3. The van der Waals surface area contributed by atoms with Gasteiger partial charge in [0.15, 0.2) is 0 Å². The Morgan fingerprint density at radius 3 is 2.72 bits per heavy atom. The van der Waals surface area contributed by atoms with Crippen molar-refractivity contribution in [3.05, 3.63) is 24.3 Å². The first kappa shape index (κ1) is 14.8. The van der Waals surface area contributed by atoms with Crippen LogP contribution in [0.25, 0.3) is 0 Å². The molecule has 1 aromatic carbocycles. The van der Waals surface area contributed by atoms with Gasteiger partial charge < -0.3 is 25.6 Å². The molecule has 102 valence electrons. The van der Waals surface area contributed by atoms with Gasteiger partial charge in [0.1, 0.15) is 5.75 Å². The lowest BCUT2D eigenvalue weighted by atomic mass is 10.2. The van der Waals surface area contributed by atoms with Crippen molar-refractivity contribution < 1.29 is 14.9 Å². The molecule has 1 rings (SSSR count). The van der Waals surface area contributed by atoms with E-state index in [0.717, 1.165) is 17.9 Å². The number of methoxy groups -OCH3 is 1. The Morgan fingerprint density at radius 1 is 1.39 bits per heavy atom. The normalized spacial score (nSPS) is 12.2. The second-order valence-corrected chi connectivity index (χ2v) is 4.10. The second-order valence-electron chi connectivity index (χ2n) is 4.10. The van der Waals surface area contributed by atoms with Gasteiger partial charge in [0, 0.05) is 13.1 Å². The molecule has 1 atom stereocenters. The summed E-state index contributed by atoms with van der Waals surface area (Å²) in [7, 11) is 1.61. The van der Waals surface area contributed by atoms with E-state index in [1.807, 2.05) is 29.2 Å². The predicted octanol–water partition coefficient (Wildman–Crippen LogP) is 0.204. The lowest BCUT2D eigenvalue weighted by molar-refractivity contribution is 0.0997. The molecule has 0 bridgehead atoms. The zero-order chi connectivity index (χ0) is 13.4. The average Bonchev–Trinajstić information content (AvgIpc) is 2.43. The largest absolute Gasteiger partial charge is 0.495 e. The lowest BCUT2D eigenvalue weighted by Crippen LogP contribution is -2.36. The Balaban J connectivity index is 2.85. The Labute approximate surface area is 108 Å². The maximum Gasteiger partial charge on any atom is 0.142 e. The summed E-state index contributed by atoms with van der Waals surface area (Å²) in [6, 6.07) is 7.61. The van der Waals surface area contributed by atoms with E-state index in [1.54, 1.807) is 7.11 Å². The minimum atomic E-state index is -0.771. The molecule has 0 aliphatic heterocycles. The molecule has 0 aliphatic carbocycles. The van der Waals surface area contributed by atoms with Crippen molar-refractivity contribution in [3.63, 3.8) is 0 Å². The van der Waals surface area contributed by atoms with E-state index in [1.165, 1.54) is 0 Å². The van der Waals surface area contributed by atoms with E-state index in [0.29, 0.717) is 19.6 Å². The third-order valence-corrected chi connectivity index (χ3v) is 2.70. The number of nitrogens with two attached hydrogens (primary N) is 1. The Morgan fingerprint density at radius 2 is 2.11 bits per heavy atom. The van der Waals surface area contributed by atoms with Gasteiger partial charge in [-0.2, -0.15) is 0 Å². The quantitative estimate of drug-likeness (QED) is 0.618. The fourth-order valence-corrected chi connectivity index (χ4v) is 1.80. The molecule has 0 saturated heterocycles. The maximum absolute atomic E-state index is 9.59. The molecule has 0 radical (unpaired) electrons. The first-order chi connectivity index (χ1) is 8.72. The summed E-state index contributed by atoms with van der Waals surface area (Å²) in [6.07, 6.45) is 0.0450. The van der Waals surface area contributed by atoms with Gasteiger partial charge in [0.25, 0.3) is 0 Å². The molecule has 1 aromatic rings. The molecule has 4 N–H and O–H groups in total. The zero-order valence-electron chi connectivity index (χ0n) is 10.7. The van der Waals surface area contributed by atoms with Crippen LogP contribution < -0.4 is 15.4 Å². The van der Waals surface area contributed by atoms with E-state index in [2.05, 4.69) is 0 Å². The molecule has 1 unspecified atom stereocenters. The fraction of sp³-hybridized carbons (Fsp3) is 0.538. The van der Waals surface area contributed by atoms with Gasteiger partial charge in [0.2, 0.25) is 0 Å². The van der Waals surface area contributed by atoms with Crippen molar-refractivity contribution >= 4 is 5.69 Å². The summed E-state index contributed by atoms with van der Waals surface area (Å²) in [5.41, 5.74) is 6.42. The number of aliphatic hydroxyl groups excluding tert-OH is 2. The van der Waals surface area contributed by atoms with Crippen LogP contribution in [0.4, 0.5) is 5.69 Å². The maximum atomic E-state index is 9.59. The molecular weight excluding hydrogens is 232 g/mol. The van der Waals surface area contributed by atoms with Crippen molar-refractivity contribution in [1.29, 1.82) is 0 Å². The highest BCUT2D eigenvalue weighted by Gasteiger charge is 2.14. The second kappa shape index (κ2) is 7.92. The van der Waals surface area contributed by atoms with Crippen molar-refractivity contribution in [2.24, 2.45) is 5.73 Å².